The molecule has 1 N–H and O–H groups in total. The van der Waals surface area contributed by atoms with Gasteiger partial charge in [0.2, 0.25) is 0 Å². The van der Waals surface area contributed by atoms with E-state index in [0.717, 1.165) is 51.4 Å². The van der Waals surface area contributed by atoms with E-state index in [1.54, 1.807) is 0 Å². The average molecular weight is 502 g/mol. The van der Waals surface area contributed by atoms with Gasteiger partial charge in [0.25, 0.3) is 0 Å². The summed E-state index contributed by atoms with van der Waals surface area (Å²) in [6.07, 6.45) is 2.61. The fourth-order valence-electron chi connectivity index (χ4n) is 3.41. The van der Waals surface area contributed by atoms with E-state index in [4.69, 9.17) is 9.73 Å². The molecule has 1 aliphatic heterocycles. The predicted octanol–water partition coefficient (Wildman–Crippen LogP) is 2.63. The second-order valence-electron chi connectivity index (χ2n) is 7.29. The minimum atomic E-state index is -0.0906. The number of piperidine rings is 1. The molecular weight excluding hydrogens is 467 g/mol. The SMILES string of the molecule is CCNC(=NCC(Cc1ccccc1)N(C)C)N1CCC(C(=O)OC)CC1.I. The van der Waals surface area contributed by atoms with Crippen LogP contribution in [-0.2, 0) is 16.0 Å². The fourth-order valence-corrected chi connectivity index (χ4v) is 3.41. The average Bonchev–Trinajstić information content (AvgIpc) is 2.70. The van der Waals surface area contributed by atoms with Crippen LogP contribution in [0.1, 0.15) is 25.3 Å². The molecule has 1 aromatic rings. The molecule has 0 aliphatic carbocycles. The number of carbonyl (C=O) groups is 1. The highest BCUT2D eigenvalue weighted by atomic mass is 127. The van der Waals surface area contributed by atoms with Crippen LogP contribution in [0.25, 0.3) is 0 Å². The molecule has 0 spiro atoms. The summed E-state index contributed by atoms with van der Waals surface area (Å²) in [5, 5.41) is 3.41. The monoisotopic (exact) mass is 502 g/mol. The molecule has 1 unspecified atom stereocenters. The van der Waals surface area contributed by atoms with Crippen LogP contribution in [0.15, 0.2) is 35.3 Å². The van der Waals surface area contributed by atoms with E-state index in [0.29, 0.717) is 6.04 Å². The Hall–Kier alpha value is -1.35. The zero-order valence-electron chi connectivity index (χ0n) is 17.6. The number of carbonyl (C=O) groups excluding carboxylic acids is 1. The maximum Gasteiger partial charge on any atom is 0.308 e. The molecule has 1 heterocycles. The molecule has 28 heavy (non-hydrogen) atoms. The lowest BCUT2D eigenvalue weighted by Crippen LogP contribution is -2.47. The number of methoxy groups -OCH3 is 1. The Morgan fingerprint density at radius 1 is 1.29 bits per heavy atom. The zero-order chi connectivity index (χ0) is 19.6. The number of rotatable bonds is 7. The molecular formula is C21H35IN4O2. The molecule has 2 rings (SSSR count). The van der Waals surface area contributed by atoms with Crippen LogP contribution in [0.4, 0.5) is 0 Å². The van der Waals surface area contributed by atoms with Crippen molar-refractivity contribution in [2.24, 2.45) is 10.9 Å². The number of benzene rings is 1. The Balaban J connectivity index is 0.00000392. The molecule has 0 bridgehead atoms. The van der Waals surface area contributed by atoms with E-state index >= 15 is 0 Å². The first-order valence-corrected chi connectivity index (χ1v) is 9.86. The van der Waals surface area contributed by atoms with Gasteiger partial charge in [0.15, 0.2) is 5.96 Å². The lowest BCUT2D eigenvalue weighted by atomic mass is 9.97. The maximum absolute atomic E-state index is 11.7. The molecule has 1 atom stereocenters. The topological polar surface area (TPSA) is 57.2 Å². The molecule has 0 amide bonds. The number of nitrogens with zero attached hydrogens (tertiary/aromatic N) is 3. The molecule has 1 saturated heterocycles. The van der Waals surface area contributed by atoms with Crippen molar-refractivity contribution >= 4 is 35.9 Å². The zero-order valence-corrected chi connectivity index (χ0v) is 19.9. The van der Waals surface area contributed by atoms with Crippen molar-refractivity contribution in [3.8, 4) is 0 Å². The number of halogens is 1. The van der Waals surface area contributed by atoms with E-state index in [9.17, 15) is 4.79 Å². The quantitative estimate of drug-likeness (QED) is 0.269. The van der Waals surface area contributed by atoms with Gasteiger partial charge in [0.1, 0.15) is 0 Å². The summed E-state index contributed by atoms with van der Waals surface area (Å²) in [7, 11) is 5.68. The van der Waals surface area contributed by atoms with Crippen molar-refractivity contribution < 1.29 is 9.53 Å². The Morgan fingerprint density at radius 2 is 1.93 bits per heavy atom. The van der Waals surface area contributed by atoms with Crippen LogP contribution >= 0.6 is 24.0 Å². The van der Waals surface area contributed by atoms with Gasteiger partial charge in [0, 0.05) is 25.7 Å². The van der Waals surface area contributed by atoms with Crippen molar-refractivity contribution in [3.05, 3.63) is 35.9 Å². The second-order valence-corrected chi connectivity index (χ2v) is 7.29. The first-order valence-electron chi connectivity index (χ1n) is 9.86. The van der Waals surface area contributed by atoms with Crippen LogP contribution in [0.2, 0.25) is 0 Å². The van der Waals surface area contributed by atoms with Crippen LogP contribution in [0.3, 0.4) is 0 Å². The third-order valence-corrected chi connectivity index (χ3v) is 5.16. The molecule has 7 heteroatoms. The number of esters is 1. The van der Waals surface area contributed by atoms with Crippen molar-refractivity contribution in [2.75, 3.05) is 47.4 Å². The minimum absolute atomic E-state index is 0. The summed E-state index contributed by atoms with van der Waals surface area (Å²) in [4.78, 5) is 21.2. The minimum Gasteiger partial charge on any atom is -0.469 e. The lowest BCUT2D eigenvalue weighted by molar-refractivity contribution is -0.146. The number of likely N-dealkylation sites (tertiary alicyclic amines) is 1. The highest BCUT2D eigenvalue weighted by Gasteiger charge is 2.27. The first kappa shape index (κ1) is 24.7. The third kappa shape index (κ3) is 7.58. The number of ether oxygens (including phenoxy) is 1. The maximum atomic E-state index is 11.7. The van der Waals surface area contributed by atoms with Crippen LogP contribution in [0.5, 0.6) is 0 Å². The van der Waals surface area contributed by atoms with Crippen molar-refractivity contribution in [1.29, 1.82) is 0 Å². The highest BCUT2D eigenvalue weighted by Crippen LogP contribution is 2.18. The molecule has 158 valence electrons. The Labute approximate surface area is 186 Å². The van der Waals surface area contributed by atoms with Gasteiger partial charge in [-0.05, 0) is 45.8 Å². The molecule has 0 radical (unpaired) electrons. The van der Waals surface area contributed by atoms with Crippen molar-refractivity contribution in [3.63, 3.8) is 0 Å². The molecule has 1 aliphatic rings. The summed E-state index contributed by atoms with van der Waals surface area (Å²) < 4.78 is 4.89. The van der Waals surface area contributed by atoms with Gasteiger partial charge < -0.3 is 19.9 Å². The van der Waals surface area contributed by atoms with Crippen molar-refractivity contribution in [2.45, 2.75) is 32.2 Å². The van der Waals surface area contributed by atoms with E-state index < -0.39 is 0 Å². The first-order chi connectivity index (χ1) is 13.0. The Bertz CT molecular complexity index is 602. The molecule has 1 aromatic carbocycles. The van der Waals surface area contributed by atoms with Gasteiger partial charge in [-0.1, -0.05) is 30.3 Å². The van der Waals surface area contributed by atoms with Crippen LogP contribution in [-0.4, -0.2) is 75.2 Å². The molecule has 6 nitrogen and oxygen atoms in total. The largest absolute Gasteiger partial charge is 0.469 e. The summed E-state index contributed by atoms with van der Waals surface area (Å²) in [6, 6.07) is 10.9. The van der Waals surface area contributed by atoms with Gasteiger partial charge in [-0.15, -0.1) is 24.0 Å². The van der Waals surface area contributed by atoms with Gasteiger partial charge in [-0.25, -0.2) is 0 Å². The summed E-state index contributed by atoms with van der Waals surface area (Å²) in [5.74, 6) is 0.870. The molecule has 0 saturated carbocycles. The number of hydrogen-bond acceptors (Lipinski definition) is 4. The standard InChI is InChI=1S/C21H34N4O2.HI/c1-5-22-21(25-13-11-18(12-14-25)20(26)27-4)23-16-19(24(2)3)15-17-9-7-6-8-10-17;/h6-10,18-19H,5,11-16H2,1-4H3,(H,22,23);1H. The van der Waals surface area contributed by atoms with E-state index in [1.165, 1.54) is 12.7 Å². The third-order valence-electron chi connectivity index (χ3n) is 5.16. The van der Waals surface area contributed by atoms with E-state index in [1.807, 2.05) is 6.07 Å². The predicted molar refractivity (Wildman–Crippen MR) is 125 cm³/mol. The van der Waals surface area contributed by atoms with Gasteiger partial charge in [-0.3, -0.25) is 9.79 Å². The summed E-state index contributed by atoms with van der Waals surface area (Å²) in [6.45, 7) is 5.32. The number of likely N-dealkylation sites (N-methyl/N-ethyl adjacent to an activating group) is 1. The van der Waals surface area contributed by atoms with Crippen molar-refractivity contribution in [1.82, 2.24) is 15.1 Å². The number of hydrogen-bond donors (Lipinski definition) is 1. The summed E-state index contributed by atoms with van der Waals surface area (Å²) in [5.41, 5.74) is 1.33. The van der Waals surface area contributed by atoms with E-state index in [2.05, 4.69) is 60.4 Å². The number of guanidine groups is 1. The molecule has 1 fully saturated rings. The number of aliphatic imine (C=N–C) groups is 1. The normalized spacial score (nSPS) is 16.5. The van der Waals surface area contributed by atoms with Gasteiger partial charge >= 0.3 is 5.97 Å². The molecule has 0 aromatic heterocycles. The van der Waals surface area contributed by atoms with E-state index in [-0.39, 0.29) is 35.9 Å². The highest BCUT2D eigenvalue weighted by molar-refractivity contribution is 14.0. The smallest absolute Gasteiger partial charge is 0.308 e. The summed E-state index contributed by atoms with van der Waals surface area (Å²) >= 11 is 0. The number of nitrogens with one attached hydrogen (secondary N) is 1. The van der Waals surface area contributed by atoms with Crippen LogP contribution in [0, 0.1) is 5.92 Å². The van der Waals surface area contributed by atoms with Gasteiger partial charge in [-0.2, -0.15) is 0 Å². The van der Waals surface area contributed by atoms with Gasteiger partial charge in [0.05, 0.1) is 19.6 Å². The Kier molecular flexibility index (Phi) is 11.4. The Morgan fingerprint density at radius 3 is 2.46 bits per heavy atom. The second kappa shape index (κ2) is 13.0. The fraction of sp³-hybridized carbons (Fsp3) is 0.619. The van der Waals surface area contributed by atoms with Crippen LogP contribution < -0.4 is 5.32 Å². The lowest BCUT2D eigenvalue weighted by Gasteiger charge is -2.33.